The molecule has 1 saturated carbocycles. The van der Waals surface area contributed by atoms with Crippen molar-refractivity contribution in [3.05, 3.63) is 48.0 Å². The molecule has 1 heterocycles. The van der Waals surface area contributed by atoms with Gasteiger partial charge < -0.3 is 19.6 Å². The summed E-state index contributed by atoms with van der Waals surface area (Å²) in [4.78, 5) is 56.6. The van der Waals surface area contributed by atoms with Crippen LogP contribution in [-0.2, 0) is 35.3 Å². The molecule has 3 aliphatic rings. The monoisotopic (exact) mass is 470 g/mol. The summed E-state index contributed by atoms with van der Waals surface area (Å²) in [5.74, 6) is -3.04. The number of nitrogens with one attached hydrogen (secondary N) is 1. The molecular formula is C25H30N2O7. The quantitative estimate of drug-likeness (QED) is 0.482. The molecule has 182 valence electrons. The highest BCUT2D eigenvalue weighted by Crippen LogP contribution is 2.52. The number of hydrogen-bond donors (Lipinski definition) is 1. The van der Waals surface area contributed by atoms with Gasteiger partial charge in [0.25, 0.3) is 11.8 Å². The Balaban J connectivity index is 1.44. The van der Waals surface area contributed by atoms with E-state index < -0.39 is 53.5 Å². The van der Waals surface area contributed by atoms with Crippen LogP contribution in [0.25, 0.3) is 0 Å². The second-order valence-corrected chi connectivity index (χ2v) is 10.0. The molecule has 1 aromatic rings. The average molecular weight is 471 g/mol. The minimum absolute atomic E-state index is 0.00514. The fraction of sp³-hybridized carbons (Fsp3) is 0.520. The van der Waals surface area contributed by atoms with Gasteiger partial charge in [0.05, 0.1) is 23.5 Å². The molecule has 6 atom stereocenters. The van der Waals surface area contributed by atoms with Gasteiger partial charge in [0.1, 0.15) is 6.61 Å². The summed E-state index contributed by atoms with van der Waals surface area (Å²) >= 11 is 0. The third kappa shape index (κ3) is 4.84. The molecule has 9 nitrogen and oxygen atoms in total. The lowest BCUT2D eigenvalue weighted by Crippen LogP contribution is -2.53. The van der Waals surface area contributed by atoms with E-state index >= 15 is 0 Å². The van der Waals surface area contributed by atoms with Crippen LogP contribution in [0.2, 0.25) is 0 Å². The van der Waals surface area contributed by atoms with Gasteiger partial charge in [-0.1, -0.05) is 42.5 Å². The zero-order valence-corrected chi connectivity index (χ0v) is 19.7. The molecule has 1 N–H and O–H groups in total. The van der Waals surface area contributed by atoms with Crippen LogP contribution in [0.1, 0.15) is 39.7 Å². The van der Waals surface area contributed by atoms with Gasteiger partial charge in [-0.05, 0) is 51.5 Å². The number of ether oxygens (including phenoxy) is 2. The summed E-state index contributed by atoms with van der Waals surface area (Å²) in [6.07, 6.45) is 2.99. The molecule has 0 spiro atoms. The Hall–Kier alpha value is -3.20. The Bertz CT molecular complexity index is 970. The van der Waals surface area contributed by atoms with Crippen molar-refractivity contribution in [2.75, 3.05) is 0 Å². The van der Waals surface area contributed by atoms with Crippen LogP contribution >= 0.6 is 0 Å². The Morgan fingerprint density at radius 2 is 1.65 bits per heavy atom. The molecule has 0 aromatic heterocycles. The SMILES string of the molecule is C[C@@H](OC(C)(C)C)[C@@H](NC(=O)OCc1ccccc1)C(=O)ON1C(=O)[C@@H]2[C@@H](C1=O)[C@H]1C=C[C@H]2C1. The molecule has 2 fully saturated rings. The molecule has 1 aromatic carbocycles. The van der Waals surface area contributed by atoms with Crippen molar-refractivity contribution in [1.82, 2.24) is 10.4 Å². The second-order valence-electron chi connectivity index (χ2n) is 10.0. The number of benzene rings is 1. The molecule has 4 rings (SSSR count). The van der Waals surface area contributed by atoms with E-state index in [0.717, 1.165) is 12.0 Å². The Labute approximate surface area is 198 Å². The van der Waals surface area contributed by atoms with E-state index in [1.807, 2.05) is 30.4 Å². The lowest BCUT2D eigenvalue weighted by molar-refractivity contribution is -0.204. The van der Waals surface area contributed by atoms with Crippen LogP contribution in [0.4, 0.5) is 4.79 Å². The summed E-state index contributed by atoms with van der Waals surface area (Å²) in [7, 11) is 0. The van der Waals surface area contributed by atoms with E-state index in [1.165, 1.54) is 0 Å². The predicted molar refractivity (Wildman–Crippen MR) is 120 cm³/mol. The first kappa shape index (κ1) is 23.9. The Morgan fingerprint density at radius 1 is 1.06 bits per heavy atom. The summed E-state index contributed by atoms with van der Waals surface area (Å²) in [5, 5.41) is 3.04. The molecule has 34 heavy (non-hydrogen) atoms. The topological polar surface area (TPSA) is 111 Å². The molecule has 1 aliphatic heterocycles. The lowest BCUT2D eigenvalue weighted by Gasteiger charge is -2.30. The first-order valence-corrected chi connectivity index (χ1v) is 11.5. The summed E-state index contributed by atoms with van der Waals surface area (Å²) < 4.78 is 11.1. The van der Waals surface area contributed by atoms with Crippen LogP contribution in [0.5, 0.6) is 0 Å². The molecule has 9 heteroatoms. The first-order valence-electron chi connectivity index (χ1n) is 11.5. The largest absolute Gasteiger partial charge is 0.445 e. The first-order chi connectivity index (χ1) is 16.0. The standard InChI is InChI=1S/C25H30N2O7/c1-14(33-25(2,3)4)20(26-24(31)32-13-15-8-6-5-7-9-15)23(30)34-27-21(28)18-16-10-11-17(12-16)19(18)22(27)29/h5-11,14,16-20H,12-13H2,1-4H3,(H,26,31)/t14-,16+,17+,18+,19+,20-/m1/s1. The summed E-state index contributed by atoms with van der Waals surface area (Å²) in [5.41, 5.74) is 0.146. The number of hydroxylamine groups is 2. The van der Waals surface area contributed by atoms with E-state index in [2.05, 4.69) is 5.32 Å². The van der Waals surface area contributed by atoms with E-state index in [1.54, 1.807) is 39.8 Å². The molecule has 2 aliphatic carbocycles. The number of carbonyl (C=O) groups is 4. The van der Waals surface area contributed by atoms with Crippen molar-refractivity contribution in [1.29, 1.82) is 0 Å². The van der Waals surface area contributed by atoms with Gasteiger partial charge in [-0.25, -0.2) is 9.59 Å². The van der Waals surface area contributed by atoms with Crippen LogP contribution in [0.15, 0.2) is 42.5 Å². The van der Waals surface area contributed by atoms with Gasteiger partial charge in [-0.15, -0.1) is 5.06 Å². The predicted octanol–water partition coefficient (Wildman–Crippen LogP) is 2.75. The fourth-order valence-electron chi connectivity index (χ4n) is 5.00. The van der Waals surface area contributed by atoms with E-state index in [9.17, 15) is 19.2 Å². The molecule has 3 amide bonds. The summed E-state index contributed by atoms with van der Waals surface area (Å²) in [6.45, 7) is 7.01. The van der Waals surface area contributed by atoms with Gasteiger partial charge in [0.2, 0.25) is 0 Å². The maximum Gasteiger partial charge on any atom is 0.408 e. The third-order valence-electron chi connectivity index (χ3n) is 6.36. The van der Waals surface area contributed by atoms with Gasteiger partial charge in [0, 0.05) is 0 Å². The number of alkyl carbamates (subject to hydrolysis) is 1. The molecule has 1 saturated heterocycles. The van der Waals surface area contributed by atoms with Crippen molar-refractivity contribution in [3.63, 3.8) is 0 Å². The van der Waals surface area contributed by atoms with Crippen molar-refractivity contribution in [2.45, 2.75) is 58.5 Å². The minimum Gasteiger partial charge on any atom is -0.445 e. The fourth-order valence-corrected chi connectivity index (χ4v) is 5.00. The van der Waals surface area contributed by atoms with Crippen LogP contribution in [-0.4, -0.2) is 46.7 Å². The lowest BCUT2D eigenvalue weighted by atomic mass is 9.85. The molecule has 0 unspecified atom stereocenters. The van der Waals surface area contributed by atoms with Crippen LogP contribution in [0.3, 0.4) is 0 Å². The average Bonchev–Trinajstić information content (AvgIpc) is 3.45. The van der Waals surface area contributed by atoms with E-state index in [4.69, 9.17) is 14.3 Å². The number of amides is 3. The highest BCUT2D eigenvalue weighted by Gasteiger charge is 2.61. The molecule has 2 bridgehead atoms. The van der Waals surface area contributed by atoms with Crippen molar-refractivity contribution < 1.29 is 33.5 Å². The molecular weight excluding hydrogens is 440 g/mol. The highest BCUT2D eigenvalue weighted by molar-refractivity contribution is 6.06. The van der Waals surface area contributed by atoms with Crippen molar-refractivity contribution >= 4 is 23.9 Å². The van der Waals surface area contributed by atoms with Crippen molar-refractivity contribution in [2.24, 2.45) is 23.7 Å². The highest BCUT2D eigenvalue weighted by atomic mass is 16.7. The number of allylic oxidation sites excluding steroid dienone is 2. The van der Waals surface area contributed by atoms with E-state index in [0.29, 0.717) is 5.06 Å². The van der Waals surface area contributed by atoms with Gasteiger partial charge >= 0.3 is 12.1 Å². The Morgan fingerprint density at radius 3 is 2.21 bits per heavy atom. The van der Waals surface area contributed by atoms with Crippen LogP contribution < -0.4 is 5.32 Å². The van der Waals surface area contributed by atoms with Crippen LogP contribution in [0, 0.1) is 23.7 Å². The zero-order valence-electron chi connectivity index (χ0n) is 19.7. The van der Waals surface area contributed by atoms with E-state index in [-0.39, 0.29) is 18.4 Å². The maximum absolute atomic E-state index is 13.1. The minimum atomic E-state index is -1.31. The third-order valence-corrected chi connectivity index (χ3v) is 6.36. The maximum atomic E-state index is 13.1. The number of carbonyl (C=O) groups excluding carboxylic acids is 4. The van der Waals surface area contributed by atoms with Gasteiger partial charge in [-0.2, -0.15) is 0 Å². The molecule has 0 radical (unpaired) electrons. The Kier molecular flexibility index (Phi) is 6.49. The number of hydrogen-bond acceptors (Lipinski definition) is 7. The van der Waals surface area contributed by atoms with Gasteiger partial charge in [-0.3, -0.25) is 9.59 Å². The van der Waals surface area contributed by atoms with Gasteiger partial charge in [0.15, 0.2) is 6.04 Å². The van der Waals surface area contributed by atoms with Crippen molar-refractivity contribution in [3.8, 4) is 0 Å². The summed E-state index contributed by atoms with van der Waals surface area (Å²) in [6, 6.07) is 7.77. The second kappa shape index (κ2) is 9.21. The zero-order chi connectivity index (χ0) is 24.6. The normalized spacial score (nSPS) is 26.9. The number of imide groups is 1. The smallest absolute Gasteiger partial charge is 0.408 e. The number of nitrogens with zero attached hydrogens (tertiary/aromatic N) is 1. The number of fused-ring (bicyclic) bond motifs is 5. The number of rotatable bonds is 7.